The average Bonchev–Trinajstić information content (AvgIpc) is 2.98. The fourth-order valence-corrected chi connectivity index (χ4v) is 2.28. The SMILES string of the molecule is O=C(O)C1CN(Cc2ncon2)c2ccccc21. The van der Waals surface area contributed by atoms with Crippen molar-refractivity contribution >= 4 is 11.7 Å². The van der Waals surface area contributed by atoms with Gasteiger partial charge in [-0.15, -0.1) is 0 Å². The second-order valence-corrected chi connectivity index (χ2v) is 4.18. The van der Waals surface area contributed by atoms with Crippen LogP contribution in [0.2, 0.25) is 0 Å². The molecule has 1 aromatic heterocycles. The highest BCUT2D eigenvalue weighted by atomic mass is 16.5. The first-order valence-electron chi connectivity index (χ1n) is 5.57. The van der Waals surface area contributed by atoms with E-state index in [0.29, 0.717) is 18.9 Å². The van der Waals surface area contributed by atoms with Crippen LogP contribution in [0.25, 0.3) is 0 Å². The molecule has 1 atom stereocenters. The Morgan fingerprint density at radius 3 is 3.06 bits per heavy atom. The van der Waals surface area contributed by atoms with Gasteiger partial charge >= 0.3 is 5.97 Å². The zero-order chi connectivity index (χ0) is 12.5. The van der Waals surface area contributed by atoms with E-state index in [1.54, 1.807) is 0 Å². The van der Waals surface area contributed by atoms with Gasteiger partial charge in [0.15, 0.2) is 5.82 Å². The maximum atomic E-state index is 11.2. The quantitative estimate of drug-likeness (QED) is 0.876. The van der Waals surface area contributed by atoms with Gasteiger partial charge in [0.05, 0.1) is 6.54 Å². The third-order valence-electron chi connectivity index (χ3n) is 3.09. The molecule has 1 aliphatic heterocycles. The Kier molecular flexibility index (Phi) is 2.47. The van der Waals surface area contributed by atoms with E-state index in [9.17, 15) is 9.90 Å². The van der Waals surface area contributed by atoms with Crippen molar-refractivity contribution in [3.8, 4) is 0 Å². The molecule has 1 aromatic carbocycles. The minimum absolute atomic E-state index is 0.434. The van der Waals surface area contributed by atoms with Gasteiger partial charge in [0.25, 0.3) is 0 Å². The summed E-state index contributed by atoms with van der Waals surface area (Å²) in [6.07, 6.45) is 1.27. The summed E-state index contributed by atoms with van der Waals surface area (Å²) in [4.78, 5) is 17.1. The second-order valence-electron chi connectivity index (χ2n) is 4.18. The first-order chi connectivity index (χ1) is 8.75. The van der Waals surface area contributed by atoms with Gasteiger partial charge in [-0.1, -0.05) is 23.4 Å². The van der Waals surface area contributed by atoms with Gasteiger partial charge in [-0.3, -0.25) is 4.79 Å². The molecule has 0 fully saturated rings. The van der Waals surface area contributed by atoms with Gasteiger partial charge in [-0.05, 0) is 11.6 Å². The molecule has 2 aromatic rings. The average molecular weight is 245 g/mol. The third kappa shape index (κ3) is 1.71. The van der Waals surface area contributed by atoms with E-state index in [-0.39, 0.29) is 0 Å². The first-order valence-corrected chi connectivity index (χ1v) is 5.57. The van der Waals surface area contributed by atoms with Crippen molar-refractivity contribution in [3.05, 3.63) is 42.0 Å². The second kappa shape index (κ2) is 4.14. The van der Waals surface area contributed by atoms with E-state index in [0.717, 1.165) is 11.3 Å². The topological polar surface area (TPSA) is 79.5 Å². The van der Waals surface area contributed by atoms with Crippen LogP contribution in [0, 0.1) is 0 Å². The van der Waals surface area contributed by atoms with Crippen LogP contribution in [0.5, 0.6) is 0 Å². The number of hydrogen-bond acceptors (Lipinski definition) is 5. The molecule has 18 heavy (non-hydrogen) atoms. The Labute approximate surface area is 103 Å². The molecule has 0 saturated carbocycles. The first kappa shape index (κ1) is 10.8. The lowest BCUT2D eigenvalue weighted by Crippen LogP contribution is -2.24. The molecule has 0 amide bonds. The van der Waals surface area contributed by atoms with Crippen LogP contribution in [0.4, 0.5) is 5.69 Å². The van der Waals surface area contributed by atoms with Crippen molar-refractivity contribution in [2.75, 3.05) is 11.4 Å². The van der Waals surface area contributed by atoms with Crippen LogP contribution < -0.4 is 4.90 Å². The maximum Gasteiger partial charge on any atom is 0.312 e. The fourth-order valence-electron chi connectivity index (χ4n) is 2.28. The Morgan fingerprint density at radius 2 is 2.33 bits per heavy atom. The zero-order valence-corrected chi connectivity index (χ0v) is 9.48. The molecule has 3 rings (SSSR count). The number of benzene rings is 1. The van der Waals surface area contributed by atoms with Crippen molar-refractivity contribution in [2.45, 2.75) is 12.5 Å². The van der Waals surface area contributed by atoms with Gasteiger partial charge < -0.3 is 14.5 Å². The van der Waals surface area contributed by atoms with Gasteiger partial charge in [-0.2, -0.15) is 4.98 Å². The molecule has 0 aliphatic carbocycles. The lowest BCUT2D eigenvalue weighted by Gasteiger charge is -2.16. The highest BCUT2D eigenvalue weighted by molar-refractivity contribution is 5.82. The maximum absolute atomic E-state index is 11.2. The van der Waals surface area contributed by atoms with Crippen molar-refractivity contribution in [3.63, 3.8) is 0 Å². The van der Waals surface area contributed by atoms with Crippen LogP contribution >= 0.6 is 0 Å². The van der Waals surface area contributed by atoms with Crippen LogP contribution in [-0.2, 0) is 11.3 Å². The number of hydrogen-bond donors (Lipinski definition) is 1. The number of carboxylic acid groups (broad SMARTS) is 1. The molecule has 0 saturated heterocycles. The van der Waals surface area contributed by atoms with E-state index in [4.69, 9.17) is 0 Å². The Bertz CT molecular complexity index is 568. The van der Waals surface area contributed by atoms with E-state index < -0.39 is 11.9 Å². The highest BCUT2D eigenvalue weighted by Gasteiger charge is 2.33. The minimum atomic E-state index is -0.807. The van der Waals surface area contributed by atoms with E-state index in [1.807, 2.05) is 29.2 Å². The number of aliphatic carboxylic acids is 1. The van der Waals surface area contributed by atoms with E-state index in [1.165, 1.54) is 6.39 Å². The predicted molar refractivity (Wildman–Crippen MR) is 62.2 cm³/mol. The number of aromatic nitrogens is 2. The molecule has 6 heteroatoms. The number of carboxylic acids is 1. The van der Waals surface area contributed by atoms with E-state index >= 15 is 0 Å². The van der Waals surface area contributed by atoms with Crippen molar-refractivity contribution in [1.29, 1.82) is 0 Å². The number of carbonyl (C=O) groups is 1. The summed E-state index contributed by atoms with van der Waals surface area (Å²) in [6, 6.07) is 7.52. The Hall–Kier alpha value is -2.37. The molecule has 1 N–H and O–H groups in total. The summed E-state index contributed by atoms with van der Waals surface area (Å²) in [7, 11) is 0. The molecule has 2 heterocycles. The molecule has 92 valence electrons. The largest absolute Gasteiger partial charge is 0.481 e. The summed E-state index contributed by atoms with van der Waals surface area (Å²) in [5.74, 6) is -0.748. The summed E-state index contributed by atoms with van der Waals surface area (Å²) in [6.45, 7) is 0.889. The summed E-state index contributed by atoms with van der Waals surface area (Å²) in [5.41, 5.74) is 1.77. The van der Waals surface area contributed by atoms with Crippen LogP contribution in [0.3, 0.4) is 0 Å². The third-order valence-corrected chi connectivity index (χ3v) is 3.09. The lowest BCUT2D eigenvalue weighted by atomic mass is 10.0. The number of para-hydroxylation sites is 1. The minimum Gasteiger partial charge on any atom is -0.481 e. The van der Waals surface area contributed by atoms with Crippen molar-refractivity contribution in [2.24, 2.45) is 0 Å². The van der Waals surface area contributed by atoms with Gasteiger partial charge in [0, 0.05) is 12.2 Å². The zero-order valence-electron chi connectivity index (χ0n) is 9.48. The lowest BCUT2D eigenvalue weighted by molar-refractivity contribution is -0.138. The number of rotatable bonds is 3. The van der Waals surface area contributed by atoms with Crippen LogP contribution in [0.15, 0.2) is 35.2 Å². The number of anilines is 1. The summed E-state index contributed by atoms with van der Waals surface area (Å²) in [5, 5.41) is 13.0. The van der Waals surface area contributed by atoms with Gasteiger partial charge in [-0.25, -0.2) is 0 Å². The standard InChI is InChI=1S/C12H11N3O3/c16-12(17)9-5-15(6-11-13-7-18-14-11)10-4-2-1-3-8(9)10/h1-4,7,9H,5-6H2,(H,16,17). The summed E-state index contributed by atoms with van der Waals surface area (Å²) >= 11 is 0. The Balaban J connectivity index is 1.92. The molecular formula is C12H11N3O3. The molecule has 0 radical (unpaired) electrons. The van der Waals surface area contributed by atoms with Gasteiger partial charge in [0.1, 0.15) is 5.92 Å². The number of nitrogens with zero attached hydrogens (tertiary/aromatic N) is 3. The monoisotopic (exact) mass is 245 g/mol. The Morgan fingerprint density at radius 1 is 1.50 bits per heavy atom. The van der Waals surface area contributed by atoms with E-state index in [2.05, 4.69) is 14.7 Å². The van der Waals surface area contributed by atoms with Crippen molar-refractivity contribution in [1.82, 2.24) is 10.1 Å². The molecule has 0 spiro atoms. The highest BCUT2D eigenvalue weighted by Crippen LogP contribution is 2.36. The number of fused-ring (bicyclic) bond motifs is 1. The van der Waals surface area contributed by atoms with Gasteiger partial charge in [0.2, 0.25) is 6.39 Å². The molecular weight excluding hydrogens is 234 g/mol. The van der Waals surface area contributed by atoms with Crippen molar-refractivity contribution < 1.29 is 14.4 Å². The fraction of sp³-hybridized carbons (Fsp3) is 0.250. The van der Waals surface area contributed by atoms with Crippen LogP contribution in [-0.4, -0.2) is 27.8 Å². The summed E-state index contributed by atoms with van der Waals surface area (Å²) < 4.78 is 4.68. The molecule has 1 aliphatic rings. The smallest absolute Gasteiger partial charge is 0.312 e. The molecule has 0 bridgehead atoms. The normalized spacial score (nSPS) is 17.8. The molecule has 1 unspecified atom stereocenters. The van der Waals surface area contributed by atoms with Crippen LogP contribution in [0.1, 0.15) is 17.3 Å². The predicted octanol–water partition coefficient (Wildman–Crippen LogP) is 1.26. The molecule has 6 nitrogen and oxygen atoms in total.